The van der Waals surface area contributed by atoms with Crippen molar-refractivity contribution in [1.82, 2.24) is 14.8 Å². The van der Waals surface area contributed by atoms with Gasteiger partial charge in [-0.25, -0.2) is 9.67 Å². The lowest BCUT2D eigenvalue weighted by atomic mass is 10.0. The fourth-order valence-electron chi connectivity index (χ4n) is 2.99. The molecule has 1 atom stereocenters. The van der Waals surface area contributed by atoms with Crippen molar-refractivity contribution in [3.63, 3.8) is 0 Å². The van der Waals surface area contributed by atoms with Crippen molar-refractivity contribution in [1.29, 1.82) is 0 Å². The normalized spacial score (nSPS) is 18.9. The molecular formula is C15H14BrN5O3. The average molecular weight is 392 g/mol. The Bertz CT molecular complexity index is 835. The molecule has 1 aromatic carbocycles. The third-order valence-electron chi connectivity index (χ3n) is 4.07. The molecule has 0 saturated heterocycles. The summed E-state index contributed by atoms with van der Waals surface area (Å²) in [6.07, 6.45) is 3.87. The maximum Gasteiger partial charge on any atom is 0.262 e. The molecule has 1 unspecified atom stereocenters. The second-order valence-corrected chi connectivity index (χ2v) is 6.60. The van der Waals surface area contributed by atoms with E-state index in [2.05, 4.69) is 36.6 Å². The van der Waals surface area contributed by atoms with Gasteiger partial charge in [-0.15, -0.1) is 0 Å². The van der Waals surface area contributed by atoms with Crippen LogP contribution >= 0.6 is 15.9 Å². The van der Waals surface area contributed by atoms with E-state index >= 15 is 0 Å². The van der Waals surface area contributed by atoms with E-state index in [1.165, 1.54) is 6.33 Å². The zero-order valence-electron chi connectivity index (χ0n) is 12.6. The SMILES string of the molecule is O=C1COc2cc(Br)cc(NC(=O)C3CCCc4ncnn43)c2N1. The Balaban J connectivity index is 1.64. The molecule has 0 fully saturated rings. The maximum atomic E-state index is 12.7. The van der Waals surface area contributed by atoms with Gasteiger partial charge in [-0.3, -0.25) is 9.59 Å². The van der Waals surface area contributed by atoms with Crippen LogP contribution in [0.2, 0.25) is 0 Å². The Morgan fingerprint density at radius 2 is 2.33 bits per heavy atom. The molecular weight excluding hydrogens is 378 g/mol. The Hall–Kier alpha value is -2.42. The third-order valence-corrected chi connectivity index (χ3v) is 4.53. The second kappa shape index (κ2) is 5.90. The smallest absolute Gasteiger partial charge is 0.262 e. The standard InChI is InChI=1S/C15H14BrN5O3/c16-8-4-9(14-11(5-8)24-6-13(22)20-14)19-15(23)10-2-1-3-12-17-7-18-21(10)12/h4-5,7,10H,1-3,6H2,(H,19,23)(H,20,22). The summed E-state index contributed by atoms with van der Waals surface area (Å²) >= 11 is 3.39. The van der Waals surface area contributed by atoms with Crippen LogP contribution in [0.15, 0.2) is 22.9 Å². The molecule has 124 valence electrons. The summed E-state index contributed by atoms with van der Waals surface area (Å²) in [4.78, 5) is 28.5. The summed E-state index contributed by atoms with van der Waals surface area (Å²) in [5.41, 5.74) is 0.960. The number of ether oxygens (including phenoxy) is 1. The van der Waals surface area contributed by atoms with Gasteiger partial charge in [-0.1, -0.05) is 15.9 Å². The van der Waals surface area contributed by atoms with E-state index in [0.29, 0.717) is 23.5 Å². The van der Waals surface area contributed by atoms with E-state index in [0.717, 1.165) is 23.1 Å². The summed E-state index contributed by atoms with van der Waals surface area (Å²) in [5, 5.41) is 9.78. The number of nitrogens with one attached hydrogen (secondary N) is 2. The molecule has 2 N–H and O–H groups in total. The fraction of sp³-hybridized carbons (Fsp3) is 0.333. The highest BCUT2D eigenvalue weighted by molar-refractivity contribution is 9.10. The quantitative estimate of drug-likeness (QED) is 0.814. The van der Waals surface area contributed by atoms with E-state index in [-0.39, 0.29) is 18.4 Å². The van der Waals surface area contributed by atoms with Gasteiger partial charge in [0.25, 0.3) is 5.91 Å². The highest BCUT2D eigenvalue weighted by Crippen LogP contribution is 2.38. The van der Waals surface area contributed by atoms with E-state index in [1.807, 2.05) is 0 Å². The zero-order chi connectivity index (χ0) is 16.7. The second-order valence-electron chi connectivity index (χ2n) is 5.68. The first-order valence-corrected chi connectivity index (χ1v) is 8.36. The molecule has 0 radical (unpaired) electrons. The van der Waals surface area contributed by atoms with E-state index in [4.69, 9.17) is 4.74 Å². The van der Waals surface area contributed by atoms with Gasteiger partial charge in [-0.2, -0.15) is 5.10 Å². The molecule has 0 spiro atoms. The Morgan fingerprint density at radius 3 is 3.21 bits per heavy atom. The molecule has 24 heavy (non-hydrogen) atoms. The van der Waals surface area contributed by atoms with Crippen LogP contribution in [0.4, 0.5) is 11.4 Å². The molecule has 2 aliphatic rings. The van der Waals surface area contributed by atoms with Crippen LogP contribution in [0, 0.1) is 0 Å². The molecule has 0 aliphatic carbocycles. The molecule has 0 bridgehead atoms. The number of hydrogen-bond acceptors (Lipinski definition) is 5. The predicted octanol–water partition coefficient (Wildman–Crippen LogP) is 1.89. The number of aromatic nitrogens is 3. The summed E-state index contributed by atoms with van der Waals surface area (Å²) in [6.45, 7) is -0.0399. The summed E-state index contributed by atoms with van der Waals surface area (Å²) < 4.78 is 7.82. The average Bonchev–Trinajstić information content (AvgIpc) is 3.04. The largest absolute Gasteiger partial charge is 0.481 e. The molecule has 9 heteroatoms. The Labute approximate surface area is 145 Å². The number of carbonyl (C=O) groups excluding carboxylic acids is 2. The molecule has 3 heterocycles. The minimum atomic E-state index is -0.411. The van der Waals surface area contributed by atoms with Gasteiger partial charge in [0, 0.05) is 10.9 Å². The number of benzene rings is 1. The number of aryl methyl sites for hydroxylation is 1. The number of hydrogen-bond donors (Lipinski definition) is 2. The number of rotatable bonds is 2. The van der Waals surface area contributed by atoms with Crippen molar-refractivity contribution in [2.75, 3.05) is 17.2 Å². The first kappa shape index (κ1) is 15.1. The molecule has 4 rings (SSSR count). The van der Waals surface area contributed by atoms with E-state index in [9.17, 15) is 9.59 Å². The van der Waals surface area contributed by atoms with Gasteiger partial charge < -0.3 is 15.4 Å². The highest BCUT2D eigenvalue weighted by Gasteiger charge is 2.29. The Kier molecular flexibility index (Phi) is 3.72. The zero-order valence-corrected chi connectivity index (χ0v) is 14.2. The minimum absolute atomic E-state index is 0.0399. The lowest BCUT2D eigenvalue weighted by molar-refractivity contribution is -0.120. The summed E-state index contributed by atoms with van der Waals surface area (Å²) in [6, 6.07) is 3.07. The number of amides is 2. The first-order valence-electron chi connectivity index (χ1n) is 7.57. The molecule has 1 aromatic heterocycles. The number of anilines is 2. The predicted molar refractivity (Wildman–Crippen MR) is 88.9 cm³/mol. The van der Waals surface area contributed by atoms with Crippen molar-refractivity contribution in [2.24, 2.45) is 0 Å². The minimum Gasteiger partial charge on any atom is -0.481 e. The molecule has 2 amide bonds. The van der Waals surface area contributed by atoms with Crippen LogP contribution < -0.4 is 15.4 Å². The number of fused-ring (bicyclic) bond motifs is 2. The van der Waals surface area contributed by atoms with Crippen molar-refractivity contribution < 1.29 is 14.3 Å². The number of nitrogens with zero attached hydrogens (tertiary/aromatic N) is 3. The van der Waals surface area contributed by atoms with Gasteiger partial charge >= 0.3 is 0 Å². The lowest BCUT2D eigenvalue weighted by Gasteiger charge is -2.25. The maximum absolute atomic E-state index is 12.7. The molecule has 2 aromatic rings. The van der Waals surface area contributed by atoms with Crippen molar-refractivity contribution in [2.45, 2.75) is 25.3 Å². The Morgan fingerprint density at radius 1 is 1.46 bits per heavy atom. The van der Waals surface area contributed by atoms with Crippen LogP contribution in [0.1, 0.15) is 24.7 Å². The van der Waals surface area contributed by atoms with Gasteiger partial charge in [0.15, 0.2) is 6.61 Å². The highest BCUT2D eigenvalue weighted by atomic mass is 79.9. The van der Waals surface area contributed by atoms with E-state index < -0.39 is 6.04 Å². The van der Waals surface area contributed by atoms with Crippen molar-refractivity contribution in [3.05, 3.63) is 28.8 Å². The lowest BCUT2D eigenvalue weighted by Crippen LogP contribution is -2.32. The van der Waals surface area contributed by atoms with Crippen LogP contribution in [0.25, 0.3) is 0 Å². The topological polar surface area (TPSA) is 98.1 Å². The first-order chi connectivity index (χ1) is 11.6. The fourth-order valence-corrected chi connectivity index (χ4v) is 3.43. The van der Waals surface area contributed by atoms with Gasteiger partial charge in [0.1, 0.15) is 29.6 Å². The van der Waals surface area contributed by atoms with Crippen LogP contribution in [-0.2, 0) is 16.0 Å². The summed E-state index contributed by atoms with van der Waals surface area (Å²) in [7, 11) is 0. The van der Waals surface area contributed by atoms with E-state index in [1.54, 1.807) is 16.8 Å². The van der Waals surface area contributed by atoms with Crippen molar-refractivity contribution >= 4 is 39.1 Å². The molecule has 8 nitrogen and oxygen atoms in total. The molecule has 0 saturated carbocycles. The van der Waals surface area contributed by atoms with Crippen molar-refractivity contribution in [3.8, 4) is 5.75 Å². The van der Waals surface area contributed by atoms with Crippen LogP contribution in [0.3, 0.4) is 0 Å². The monoisotopic (exact) mass is 391 g/mol. The third kappa shape index (κ3) is 2.64. The summed E-state index contributed by atoms with van der Waals surface area (Å²) in [5.74, 6) is 0.886. The van der Waals surface area contributed by atoms with Crippen LogP contribution in [0.5, 0.6) is 5.75 Å². The molecule has 2 aliphatic heterocycles. The van der Waals surface area contributed by atoms with Gasteiger partial charge in [-0.05, 0) is 25.0 Å². The van der Waals surface area contributed by atoms with Gasteiger partial charge in [0.05, 0.1) is 5.69 Å². The number of carbonyl (C=O) groups is 2. The number of halogens is 1. The van der Waals surface area contributed by atoms with Gasteiger partial charge in [0.2, 0.25) is 5.91 Å². The van der Waals surface area contributed by atoms with Crippen LogP contribution in [-0.4, -0.2) is 33.2 Å².